The summed E-state index contributed by atoms with van der Waals surface area (Å²) in [5, 5.41) is 10.4. The fourth-order valence-corrected chi connectivity index (χ4v) is 8.64. The molecule has 3 nitrogen and oxygen atoms in total. The first kappa shape index (κ1) is 21.9. The van der Waals surface area contributed by atoms with Gasteiger partial charge in [0.2, 0.25) is 0 Å². The highest BCUT2D eigenvalue weighted by molar-refractivity contribution is 5.33. The Hall–Kier alpha value is -0.900. The Balaban J connectivity index is 1.46. The summed E-state index contributed by atoms with van der Waals surface area (Å²) in [6, 6.07) is 0. The summed E-state index contributed by atoms with van der Waals surface area (Å²) >= 11 is 0. The van der Waals surface area contributed by atoms with E-state index in [9.17, 15) is 5.11 Å². The predicted octanol–water partition coefficient (Wildman–Crippen LogP) is 6.39. The van der Waals surface area contributed by atoms with E-state index in [1.54, 1.807) is 0 Å². The molecule has 2 aliphatic heterocycles. The van der Waals surface area contributed by atoms with E-state index in [0.717, 1.165) is 12.8 Å². The molecule has 6 aliphatic rings. The van der Waals surface area contributed by atoms with E-state index in [-0.39, 0.29) is 22.5 Å². The van der Waals surface area contributed by atoms with Crippen molar-refractivity contribution in [1.29, 1.82) is 0 Å². The standard InChI is InChI=1S/C28H42O3/c1-18(2)19(3)7-8-20(4)22-9-10-23-25(22,5)13-12-24-26(6)14-11-21(29)17-27(26)15-16-28(23,24)31-30-27/h7-8,15-16,19-24,29H,1,9-14,17H2,2-6H3/b8-7-/t19-,20-,21+,22?,23?,24?,25-,26-,27-,28+/m1/s1. The second-order valence-corrected chi connectivity index (χ2v) is 12.3. The SMILES string of the molecule is C=C(C)[C@H](C)/C=C\[C@@H](C)C1CCC2[C@]1(C)CCC1[C@]23C=C[C@]2(C[C@@H](O)CC[C@]12C)OO3. The Morgan fingerprint density at radius 3 is 2.48 bits per heavy atom. The van der Waals surface area contributed by atoms with Gasteiger partial charge in [-0.15, -0.1) is 0 Å². The van der Waals surface area contributed by atoms with Gasteiger partial charge in [-0.2, -0.15) is 0 Å². The molecule has 6 rings (SSSR count). The molecule has 0 aromatic rings. The Kier molecular flexibility index (Phi) is 4.98. The molecule has 2 heterocycles. The number of aliphatic hydroxyl groups excluding tert-OH is 1. The molecule has 0 amide bonds. The second kappa shape index (κ2) is 7.05. The Bertz CT molecular complexity index is 815. The highest BCUT2D eigenvalue weighted by Gasteiger charge is 2.74. The maximum atomic E-state index is 10.4. The van der Waals surface area contributed by atoms with Crippen molar-refractivity contribution in [3.05, 3.63) is 36.5 Å². The van der Waals surface area contributed by atoms with Gasteiger partial charge in [-0.05, 0) is 74.7 Å². The molecular formula is C28H42O3. The first-order chi connectivity index (χ1) is 14.6. The van der Waals surface area contributed by atoms with Crippen LogP contribution >= 0.6 is 0 Å². The maximum absolute atomic E-state index is 10.4. The van der Waals surface area contributed by atoms with Crippen molar-refractivity contribution in [3.8, 4) is 0 Å². The lowest BCUT2D eigenvalue weighted by Crippen LogP contribution is -2.73. The normalized spacial score (nSPS) is 52.5. The van der Waals surface area contributed by atoms with Crippen LogP contribution in [0.3, 0.4) is 0 Å². The molecule has 172 valence electrons. The zero-order valence-corrected chi connectivity index (χ0v) is 20.2. The van der Waals surface area contributed by atoms with Crippen LogP contribution in [0.1, 0.15) is 79.6 Å². The molecule has 1 saturated heterocycles. The van der Waals surface area contributed by atoms with E-state index >= 15 is 0 Å². The Morgan fingerprint density at radius 1 is 1.03 bits per heavy atom. The van der Waals surface area contributed by atoms with Crippen LogP contribution < -0.4 is 0 Å². The van der Waals surface area contributed by atoms with Crippen LogP contribution in [-0.4, -0.2) is 22.4 Å². The van der Waals surface area contributed by atoms with Crippen molar-refractivity contribution in [2.45, 2.75) is 96.9 Å². The molecule has 2 spiro atoms. The Labute approximate surface area is 188 Å². The largest absolute Gasteiger partial charge is 0.393 e. The topological polar surface area (TPSA) is 38.7 Å². The lowest BCUT2D eigenvalue weighted by atomic mass is 9.43. The summed E-state index contributed by atoms with van der Waals surface area (Å²) in [5.41, 5.74) is 0.809. The van der Waals surface area contributed by atoms with Crippen molar-refractivity contribution in [1.82, 2.24) is 0 Å². The molecule has 0 aromatic carbocycles. The van der Waals surface area contributed by atoms with Gasteiger partial charge < -0.3 is 5.11 Å². The predicted molar refractivity (Wildman–Crippen MR) is 124 cm³/mol. The van der Waals surface area contributed by atoms with Crippen LogP contribution in [0.5, 0.6) is 0 Å². The van der Waals surface area contributed by atoms with Crippen molar-refractivity contribution in [2.24, 2.45) is 40.4 Å². The number of aliphatic hydroxyl groups is 1. The van der Waals surface area contributed by atoms with Gasteiger partial charge in [-0.3, -0.25) is 0 Å². The fraction of sp³-hybridized carbons (Fsp3) is 0.786. The summed E-state index contributed by atoms with van der Waals surface area (Å²) in [5.74, 6) is 2.65. The zero-order chi connectivity index (χ0) is 22.2. The molecule has 1 N–H and O–H groups in total. The summed E-state index contributed by atoms with van der Waals surface area (Å²) in [4.78, 5) is 12.7. The van der Waals surface area contributed by atoms with E-state index in [1.165, 1.54) is 31.3 Å². The van der Waals surface area contributed by atoms with Gasteiger partial charge >= 0.3 is 0 Å². The third-order valence-corrected chi connectivity index (χ3v) is 10.8. The molecule has 3 heteroatoms. The van der Waals surface area contributed by atoms with Crippen LogP contribution in [-0.2, 0) is 9.78 Å². The van der Waals surface area contributed by atoms with Gasteiger partial charge in [0.05, 0.1) is 6.10 Å². The average Bonchev–Trinajstić information content (AvgIpc) is 3.09. The van der Waals surface area contributed by atoms with E-state index < -0.39 is 5.60 Å². The number of allylic oxidation sites excluding steroid dienone is 3. The van der Waals surface area contributed by atoms with E-state index in [4.69, 9.17) is 9.78 Å². The maximum Gasteiger partial charge on any atom is 0.130 e. The van der Waals surface area contributed by atoms with Crippen molar-refractivity contribution in [3.63, 3.8) is 0 Å². The molecule has 3 unspecified atom stereocenters. The van der Waals surface area contributed by atoms with Crippen LogP contribution in [0.4, 0.5) is 0 Å². The summed E-state index contributed by atoms with van der Waals surface area (Å²) < 4.78 is 0. The first-order valence-electron chi connectivity index (χ1n) is 12.7. The third-order valence-electron chi connectivity index (χ3n) is 10.8. The number of rotatable bonds is 4. The zero-order valence-electron chi connectivity index (χ0n) is 20.2. The van der Waals surface area contributed by atoms with Gasteiger partial charge in [0.1, 0.15) is 11.2 Å². The fourth-order valence-electron chi connectivity index (χ4n) is 8.64. The smallest absolute Gasteiger partial charge is 0.130 e. The molecule has 4 fully saturated rings. The minimum Gasteiger partial charge on any atom is -0.393 e. The highest BCUT2D eigenvalue weighted by Crippen LogP contribution is 2.72. The summed E-state index contributed by atoms with van der Waals surface area (Å²) in [6.07, 6.45) is 16.7. The van der Waals surface area contributed by atoms with E-state index in [2.05, 4.69) is 65.5 Å². The molecule has 2 bridgehead atoms. The minimum atomic E-state index is -0.447. The van der Waals surface area contributed by atoms with Gasteiger partial charge in [0, 0.05) is 23.7 Å². The van der Waals surface area contributed by atoms with Crippen molar-refractivity contribution >= 4 is 0 Å². The van der Waals surface area contributed by atoms with Crippen LogP contribution in [0, 0.1) is 40.4 Å². The van der Waals surface area contributed by atoms with Crippen LogP contribution in [0.15, 0.2) is 36.5 Å². The summed E-state index contributed by atoms with van der Waals surface area (Å²) in [6.45, 7) is 15.8. The third kappa shape index (κ3) is 2.82. The molecular weight excluding hydrogens is 384 g/mol. The van der Waals surface area contributed by atoms with Crippen molar-refractivity contribution < 1.29 is 14.9 Å². The molecule has 10 atom stereocenters. The van der Waals surface area contributed by atoms with Crippen molar-refractivity contribution in [2.75, 3.05) is 0 Å². The number of hydrogen-bond acceptors (Lipinski definition) is 3. The van der Waals surface area contributed by atoms with Crippen LogP contribution in [0.25, 0.3) is 0 Å². The molecule has 31 heavy (non-hydrogen) atoms. The molecule has 0 aromatic heterocycles. The lowest BCUT2D eigenvalue weighted by Gasteiger charge is -2.69. The molecule has 0 radical (unpaired) electrons. The Morgan fingerprint density at radius 2 is 1.81 bits per heavy atom. The lowest BCUT2D eigenvalue weighted by molar-refractivity contribution is -0.497. The minimum absolute atomic E-state index is 0.0566. The quantitative estimate of drug-likeness (QED) is 0.418. The van der Waals surface area contributed by atoms with Crippen LogP contribution in [0.2, 0.25) is 0 Å². The number of hydrogen-bond donors (Lipinski definition) is 1. The van der Waals surface area contributed by atoms with Gasteiger partial charge in [0.25, 0.3) is 0 Å². The van der Waals surface area contributed by atoms with Gasteiger partial charge in [0.15, 0.2) is 0 Å². The first-order valence-corrected chi connectivity index (χ1v) is 12.7. The van der Waals surface area contributed by atoms with E-state index in [0.29, 0.717) is 36.0 Å². The highest BCUT2D eigenvalue weighted by atomic mass is 17.2. The van der Waals surface area contributed by atoms with Gasteiger partial charge in [-0.1, -0.05) is 58.1 Å². The second-order valence-electron chi connectivity index (χ2n) is 12.3. The van der Waals surface area contributed by atoms with Gasteiger partial charge in [-0.25, -0.2) is 9.78 Å². The summed E-state index contributed by atoms with van der Waals surface area (Å²) in [7, 11) is 0. The molecule has 3 saturated carbocycles. The monoisotopic (exact) mass is 426 g/mol. The molecule has 4 aliphatic carbocycles. The average molecular weight is 427 g/mol. The van der Waals surface area contributed by atoms with E-state index in [1.807, 2.05) is 0 Å². The number of fused-ring (bicyclic) bond motifs is 2.